The van der Waals surface area contributed by atoms with Crippen LogP contribution >= 0.6 is 0 Å². The quantitative estimate of drug-likeness (QED) is 0.883. The fourth-order valence-corrected chi connectivity index (χ4v) is 2.91. The molecule has 0 spiro atoms. The maximum absolute atomic E-state index is 12.1. The Labute approximate surface area is 121 Å². The first-order valence-electron chi connectivity index (χ1n) is 7.56. The normalized spacial score (nSPS) is 22.8. The molecule has 5 nitrogen and oxygen atoms in total. The van der Waals surface area contributed by atoms with Crippen LogP contribution in [0.4, 0.5) is 0 Å². The van der Waals surface area contributed by atoms with Crippen LogP contribution in [-0.4, -0.2) is 47.0 Å². The Kier molecular flexibility index (Phi) is 5.17. The van der Waals surface area contributed by atoms with Gasteiger partial charge in [0.15, 0.2) is 0 Å². The number of nitrogens with one attached hydrogen (secondary N) is 1. The zero-order valence-corrected chi connectivity index (χ0v) is 12.8. The number of imidazole rings is 1. The van der Waals surface area contributed by atoms with E-state index in [9.17, 15) is 4.79 Å². The van der Waals surface area contributed by atoms with Crippen LogP contribution in [0.2, 0.25) is 0 Å². The zero-order chi connectivity index (χ0) is 14.5. The van der Waals surface area contributed by atoms with Crippen molar-refractivity contribution in [2.75, 3.05) is 20.6 Å². The second-order valence-electron chi connectivity index (χ2n) is 5.87. The highest BCUT2D eigenvalue weighted by Crippen LogP contribution is 2.21. The Hall–Kier alpha value is -1.36. The Morgan fingerprint density at radius 3 is 3.05 bits per heavy atom. The van der Waals surface area contributed by atoms with Gasteiger partial charge in [0, 0.05) is 39.5 Å². The van der Waals surface area contributed by atoms with Gasteiger partial charge >= 0.3 is 0 Å². The maximum atomic E-state index is 12.1. The number of rotatable bonds is 5. The third-order valence-electron chi connectivity index (χ3n) is 3.99. The molecule has 0 bridgehead atoms. The minimum Gasteiger partial charge on any atom is -0.347 e. The summed E-state index contributed by atoms with van der Waals surface area (Å²) in [4.78, 5) is 18.2. The lowest BCUT2D eigenvalue weighted by atomic mass is 9.89. The van der Waals surface area contributed by atoms with Crippen molar-refractivity contribution in [3.8, 4) is 0 Å². The van der Waals surface area contributed by atoms with E-state index in [2.05, 4.69) is 28.0 Å². The summed E-state index contributed by atoms with van der Waals surface area (Å²) in [6.45, 7) is 4.13. The maximum Gasteiger partial charge on any atom is 0.239 e. The van der Waals surface area contributed by atoms with Crippen molar-refractivity contribution in [3.05, 3.63) is 18.2 Å². The van der Waals surface area contributed by atoms with E-state index in [1.54, 1.807) is 4.90 Å². The average molecular weight is 278 g/mol. The number of likely N-dealkylation sites (N-methyl/N-ethyl adjacent to an activating group) is 1. The number of hydrogen-bond acceptors (Lipinski definition) is 3. The molecule has 1 aliphatic rings. The topological polar surface area (TPSA) is 50.2 Å². The minimum absolute atomic E-state index is 0.0293. The van der Waals surface area contributed by atoms with Crippen LogP contribution in [0.5, 0.6) is 0 Å². The molecule has 112 valence electrons. The minimum atomic E-state index is -0.0293. The first-order chi connectivity index (χ1) is 9.61. The first kappa shape index (κ1) is 15.0. The Bertz CT molecular complexity index is 441. The summed E-state index contributed by atoms with van der Waals surface area (Å²) in [7, 11) is 3.64. The van der Waals surface area contributed by atoms with Gasteiger partial charge in [-0.1, -0.05) is 6.92 Å². The number of piperidine rings is 1. The molecule has 2 rings (SSSR count). The molecule has 2 heterocycles. The fraction of sp³-hybridized carbons (Fsp3) is 0.733. The summed E-state index contributed by atoms with van der Waals surface area (Å²) in [6, 6.07) is -0.0293. The van der Waals surface area contributed by atoms with Crippen LogP contribution in [0.1, 0.15) is 32.0 Å². The van der Waals surface area contributed by atoms with Crippen molar-refractivity contribution in [2.24, 2.45) is 5.92 Å². The molecule has 5 heteroatoms. The van der Waals surface area contributed by atoms with Gasteiger partial charge in [-0.05, 0) is 31.7 Å². The van der Waals surface area contributed by atoms with Gasteiger partial charge in [-0.25, -0.2) is 4.98 Å². The van der Waals surface area contributed by atoms with Crippen LogP contribution in [-0.2, 0) is 17.8 Å². The molecule has 0 saturated carbocycles. The number of carbonyl (C=O) groups is 1. The number of hydrogen-bond donors (Lipinski definition) is 1. The molecular formula is C15H26N4O. The van der Waals surface area contributed by atoms with E-state index >= 15 is 0 Å². The summed E-state index contributed by atoms with van der Waals surface area (Å²) in [5.41, 5.74) is 0. The van der Waals surface area contributed by atoms with Crippen LogP contribution in [0.25, 0.3) is 0 Å². The molecule has 2 unspecified atom stereocenters. The van der Waals surface area contributed by atoms with Gasteiger partial charge < -0.3 is 14.8 Å². The Morgan fingerprint density at radius 1 is 1.55 bits per heavy atom. The molecule has 1 N–H and O–H groups in total. The van der Waals surface area contributed by atoms with Crippen molar-refractivity contribution in [1.29, 1.82) is 0 Å². The van der Waals surface area contributed by atoms with Crippen molar-refractivity contribution >= 4 is 5.91 Å². The highest BCUT2D eigenvalue weighted by atomic mass is 16.2. The number of carbonyl (C=O) groups excluding carboxylic acids is 1. The lowest BCUT2D eigenvalue weighted by Gasteiger charge is -2.31. The monoisotopic (exact) mass is 278 g/mol. The molecule has 0 radical (unpaired) electrons. The highest BCUT2D eigenvalue weighted by Gasteiger charge is 2.28. The summed E-state index contributed by atoms with van der Waals surface area (Å²) >= 11 is 0. The third-order valence-corrected chi connectivity index (χ3v) is 3.99. The molecule has 1 amide bonds. The van der Waals surface area contributed by atoms with Gasteiger partial charge in [-0.3, -0.25) is 4.79 Å². The summed E-state index contributed by atoms with van der Waals surface area (Å²) in [6.07, 6.45) is 8.08. The highest BCUT2D eigenvalue weighted by molar-refractivity contribution is 5.81. The predicted octanol–water partition coefficient (Wildman–Crippen LogP) is 1.29. The zero-order valence-electron chi connectivity index (χ0n) is 12.8. The molecule has 1 fully saturated rings. The van der Waals surface area contributed by atoms with E-state index in [1.165, 1.54) is 0 Å². The number of aryl methyl sites for hydroxylation is 1. The van der Waals surface area contributed by atoms with Crippen molar-refractivity contribution in [2.45, 2.75) is 45.2 Å². The average Bonchev–Trinajstić information content (AvgIpc) is 2.86. The predicted molar refractivity (Wildman–Crippen MR) is 79.4 cm³/mol. The fourth-order valence-electron chi connectivity index (χ4n) is 2.91. The lowest BCUT2D eigenvalue weighted by Crippen LogP contribution is -2.48. The van der Waals surface area contributed by atoms with Crippen LogP contribution in [0.15, 0.2) is 12.4 Å². The van der Waals surface area contributed by atoms with Crippen LogP contribution in [0.3, 0.4) is 0 Å². The number of nitrogens with zero attached hydrogens (tertiary/aromatic N) is 3. The lowest BCUT2D eigenvalue weighted by molar-refractivity contribution is -0.131. The SMILES string of the molecule is CCCn1ccnc1CC1CCNC(C(=O)N(C)C)C1. The summed E-state index contributed by atoms with van der Waals surface area (Å²) in [5, 5.41) is 3.33. The number of aromatic nitrogens is 2. The van der Waals surface area contributed by atoms with E-state index in [0.29, 0.717) is 5.92 Å². The van der Waals surface area contributed by atoms with Gasteiger partial charge in [-0.2, -0.15) is 0 Å². The first-order valence-corrected chi connectivity index (χ1v) is 7.56. The molecule has 20 heavy (non-hydrogen) atoms. The molecule has 1 saturated heterocycles. The van der Waals surface area contributed by atoms with Crippen LogP contribution in [0, 0.1) is 5.92 Å². The van der Waals surface area contributed by atoms with Gasteiger partial charge in [-0.15, -0.1) is 0 Å². The molecule has 0 aromatic carbocycles. The summed E-state index contributed by atoms with van der Waals surface area (Å²) < 4.78 is 2.24. The van der Waals surface area contributed by atoms with Crippen molar-refractivity contribution < 1.29 is 4.79 Å². The second kappa shape index (κ2) is 6.88. The number of amides is 1. The van der Waals surface area contributed by atoms with Crippen molar-refractivity contribution in [1.82, 2.24) is 19.8 Å². The van der Waals surface area contributed by atoms with Gasteiger partial charge in [0.25, 0.3) is 0 Å². The second-order valence-corrected chi connectivity index (χ2v) is 5.87. The van der Waals surface area contributed by atoms with E-state index in [-0.39, 0.29) is 11.9 Å². The van der Waals surface area contributed by atoms with E-state index < -0.39 is 0 Å². The van der Waals surface area contributed by atoms with Crippen LogP contribution < -0.4 is 5.32 Å². The Balaban J connectivity index is 1.95. The smallest absolute Gasteiger partial charge is 0.239 e. The van der Waals surface area contributed by atoms with Crippen molar-refractivity contribution in [3.63, 3.8) is 0 Å². The third kappa shape index (κ3) is 3.60. The van der Waals surface area contributed by atoms with Gasteiger partial charge in [0.2, 0.25) is 5.91 Å². The standard InChI is InChI=1S/C15H26N4O/c1-4-8-19-9-7-17-14(19)11-12-5-6-16-13(10-12)15(20)18(2)3/h7,9,12-13,16H,4-6,8,10-11H2,1-3H3. The molecule has 1 aliphatic heterocycles. The largest absolute Gasteiger partial charge is 0.347 e. The van der Waals surface area contributed by atoms with E-state index in [4.69, 9.17) is 0 Å². The molecule has 2 atom stereocenters. The molecule has 1 aromatic rings. The Morgan fingerprint density at radius 2 is 2.35 bits per heavy atom. The summed E-state index contributed by atoms with van der Waals surface area (Å²) in [5.74, 6) is 1.89. The molecule has 0 aliphatic carbocycles. The van der Waals surface area contributed by atoms with Gasteiger partial charge in [0.1, 0.15) is 5.82 Å². The van der Waals surface area contributed by atoms with E-state index in [1.807, 2.05) is 20.3 Å². The molecular weight excluding hydrogens is 252 g/mol. The molecule has 1 aromatic heterocycles. The van der Waals surface area contributed by atoms with E-state index in [0.717, 1.165) is 44.6 Å². The van der Waals surface area contributed by atoms with Gasteiger partial charge in [0.05, 0.1) is 6.04 Å².